The highest BCUT2D eigenvalue weighted by Crippen LogP contribution is 2.25. The van der Waals surface area contributed by atoms with Crippen molar-refractivity contribution in [3.63, 3.8) is 0 Å². The van der Waals surface area contributed by atoms with Crippen LogP contribution in [0.3, 0.4) is 0 Å². The number of aryl methyl sites for hydroxylation is 1. The Morgan fingerprint density at radius 1 is 1.58 bits per heavy atom. The minimum absolute atomic E-state index is 0.0729. The lowest BCUT2D eigenvalue weighted by Gasteiger charge is -2.36. The van der Waals surface area contributed by atoms with E-state index in [0.717, 1.165) is 0 Å². The summed E-state index contributed by atoms with van der Waals surface area (Å²) in [7, 11) is -0.189. The third-order valence-electron chi connectivity index (χ3n) is 3.47. The first-order chi connectivity index (χ1) is 8.98. The molecule has 0 amide bonds. The van der Waals surface area contributed by atoms with Crippen LogP contribution in [0.4, 0.5) is 0 Å². The number of imidazole rings is 1. The smallest absolute Gasteiger partial charge is 0.262 e. The number of sulfonamides is 1. The van der Waals surface area contributed by atoms with E-state index in [-0.39, 0.29) is 23.7 Å². The number of piperidine rings is 1. The summed E-state index contributed by atoms with van der Waals surface area (Å²) >= 11 is 0. The van der Waals surface area contributed by atoms with E-state index in [0.29, 0.717) is 19.4 Å². The van der Waals surface area contributed by atoms with E-state index in [1.165, 1.54) is 16.8 Å². The molecule has 2 unspecified atom stereocenters. The average molecular weight is 288 g/mol. The molecule has 19 heavy (non-hydrogen) atoms. The van der Waals surface area contributed by atoms with Gasteiger partial charge in [-0.05, 0) is 12.8 Å². The van der Waals surface area contributed by atoms with Gasteiger partial charge in [0.1, 0.15) is 0 Å². The molecule has 2 atom stereocenters. The van der Waals surface area contributed by atoms with Crippen molar-refractivity contribution in [2.45, 2.75) is 30.0 Å². The fourth-order valence-electron chi connectivity index (χ4n) is 2.38. The van der Waals surface area contributed by atoms with Gasteiger partial charge in [-0.1, -0.05) is 0 Å². The predicted molar refractivity (Wildman–Crippen MR) is 70.0 cm³/mol. The van der Waals surface area contributed by atoms with Crippen molar-refractivity contribution in [2.75, 3.05) is 20.2 Å². The zero-order valence-corrected chi connectivity index (χ0v) is 12.0. The van der Waals surface area contributed by atoms with Gasteiger partial charge in [0.25, 0.3) is 10.0 Å². The Labute approximate surface area is 113 Å². The van der Waals surface area contributed by atoms with E-state index in [1.807, 2.05) is 0 Å². The number of hydrogen-bond donors (Lipinski definition) is 1. The van der Waals surface area contributed by atoms with Crippen molar-refractivity contribution in [3.05, 3.63) is 12.5 Å². The van der Waals surface area contributed by atoms with Gasteiger partial charge >= 0.3 is 0 Å². The van der Waals surface area contributed by atoms with Crippen LogP contribution in [0.15, 0.2) is 17.6 Å². The van der Waals surface area contributed by atoms with Crippen LogP contribution < -0.4 is 5.73 Å². The van der Waals surface area contributed by atoms with Gasteiger partial charge in [0.05, 0.1) is 12.4 Å². The molecule has 0 aliphatic carbocycles. The highest BCUT2D eigenvalue weighted by atomic mass is 32.2. The summed E-state index contributed by atoms with van der Waals surface area (Å²) in [6, 6.07) is -0.231. The van der Waals surface area contributed by atoms with Crippen LogP contribution in [0.25, 0.3) is 0 Å². The molecule has 0 saturated carbocycles. The zero-order valence-electron chi connectivity index (χ0n) is 11.2. The topological polar surface area (TPSA) is 90.5 Å². The lowest BCUT2D eigenvalue weighted by atomic mass is 10.0. The van der Waals surface area contributed by atoms with E-state index < -0.39 is 10.0 Å². The number of nitrogens with two attached hydrogens (primary N) is 1. The second-order valence-electron chi connectivity index (χ2n) is 4.76. The van der Waals surface area contributed by atoms with E-state index in [9.17, 15) is 8.42 Å². The highest BCUT2D eigenvalue weighted by Gasteiger charge is 2.37. The van der Waals surface area contributed by atoms with Crippen molar-refractivity contribution in [2.24, 2.45) is 12.8 Å². The number of nitrogens with zero attached hydrogens (tertiary/aromatic N) is 3. The van der Waals surface area contributed by atoms with Crippen molar-refractivity contribution in [3.8, 4) is 0 Å². The highest BCUT2D eigenvalue weighted by molar-refractivity contribution is 7.89. The van der Waals surface area contributed by atoms with Gasteiger partial charge in [0.2, 0.25) is 0 Å². The summed E-state index contributed by atoms with van der Waals surface area (Å²) in [5, 5.41) is 0.0734. The molecule has 0 bridgehead atoms. The van der Waals surface area contributed by atoms with E-state index in [4.69, 9.17) is 10.5 Å². The largest absolute Gasteiger partial charge is 0.381 e. The Bertz CT molecular complexity index is 528. The van der Waals surface area contributed by atoms with Crippen LogP contribution in [-0.4, -0.2) is 54.6 Å². The molecule has 0 spiro atoms. The third-order valence-corrected chi connectivity index (χ3v) is 5.31. The Balaban J connectivity index is 2.25. The molecule has 2 N–H and O–H groups in total. The lowest BCUT2D eigenvalue weighted by molar-refractivity contribution is 0.0401. The Morgan fingerprint density at radius 3 is 2.84 bits per heavy atom. The molecule has 108 valence electrons. The van der Waals surface area contributed by atoms with Crippen LogP contribution in [0.2, 0.25) is 0 Å². The summed E-state index contributed by atoms with van der Waals surface area (Å²) in [5.41, 5.74) is 5.70. The van der Waals surface area contributed by atoms with Gasteiger partial charge in [-0.2, -0.15) is 4.31 Å². The minimum Gasteiger partial charge on any atom is -0.381 e. The molecule has 2 heterocycles. The molecule has 1 aliphatic heterocycles. The SMILES string of the molecule is COC1CCN(S(=O)(=O)c2cn(C)cn2)C(CN)C1. The van der Waals surface area contributed by atoms with Crippen LogP contribution in [-0.2, 0) is 21.8 Å². The second-order valence-corrected chi connectivity index (χ2v) is 6.60. The number of methoxy groups -OCH3 is 1. The van der Waals surface area contributed by atoms with Gasteiger partial charge in [0, 0.05) is 39.5 Å². The molecule has 0 radical (unpaired) electrons. The van der Waals surface area contributed by atoms with E-state index in [1.54, 1.807) is 18.7 Å². The monoisotopic (exact) mass is 288 g/mol. The Kier molecular flexibility index (Phi) is 4.24. The summed E-state index contributed by atoms with van der Waals surface area (Å²) in [5.74, 6) is 0. The maximum Gasteiger partial charge on any atom is 0.262 e. The summed E-state index contributed by atoms with van der Waals surface area (Å²) < 4.78 is 33.4. The number of hydrogen-bond acceptors (Lipinski definition) is 5. The van der Waals surface area contributed by atoms with Crippen molar-refractivity contribution >= 4 is 10.0 Å². The maximum absolute atomic E-state index is 12.5. The van der Waals surface area contributed by atoms with Gasteiger partial charge in [-0.3, -0.25) is 0 Å². The molecule has 1 saturated heterocycles. The van der Waals surface area contributed by atoms with Gasteiger partial charge in [-0.25, -0.2) is 13.4 Å². The third kappa shape index (κ3) is 2.81. The van der Waals surface area contributed by atoms with Crippen LogP contribution in [0.5, 0.6) is 0 Å². The number of rotatable bonds is 4. The van der Waals surface area contributed by atoms with Gasteiger partial charge < -0.3 is 15.0 Å². The summed E-state index contributed by atoms with van der Waals surface area (Å²) in [6.07, 6.45) is 4.36. The first-order valence-electron chi connectivity index (χ1n) is 6.21. The molecule has 1 aromatic heterocycles. The quantitative estimate of drug-likeness (QED) is 0.810. The van der Waals surface area contributed by atoms with E-state index in [2.05, 4.69) is 4.98 Å². The Hall–Kier alpha value is -0.960. The standard InChI is InChI=1S/C11H20N4O3S/c1-14-7-11(13-8-14)19(16,17)15-4-3-10(18-2)5-9(15)6-12/h7-10H,3-6,12H2,1-2H3. The molecule has 0 aromatic carbocycles. The average Bonchev–Trinajstić information content (AvgIpc) is 2.85. The predicted octanol–water partition coefficient (Wildman–Crippen LogP) is -0.453. The minimum atomic E-state index is -3.57. The first kappa shape index (κ1) is 14.4. The summed E-state index contributed by atoms with van der Waals surface area (Å²) in [4.78, 5) is 3.93. The normalized spacial score (nSPS) is 25.6. The van der Waals surface area contributed by atoms with Crippen molar-refractivity contribution in [1.82, 2.24) is 13.9 Å². The van der Waals surface area contributed by atoms with Crippen molar-refractivity contribution < 1.29 is 13.2 Å². The van der Waals surface area contributed by atoms with Crippen LogP contribution >= 0.6 is 0 Å². The molecule has 8 heteroatoms. The van der Waals surface area contributed by atoms with Gasteiger partial charge in [0.15, 0.2) is 5.03 Å². The summed E-state index contributed by atoms with van der Waals surface area (Å²) in [6.45, 7) is 0.700. The lowest BCUT2D eigenvalue weighted by Crippen LogP contribution is -2.51. The fourth-order valence-corrected chi connectivity index (χ4v) is 4.01. The number of aromatic nitrogens is 2. The second kappa shape index (κ2) is 5.58. The molecular formula is C11H20N4O3S. The van der Waals surface area contributed by atoms with Crippen LogP contribution in [0, 0.1) is 0 Å². The van der Waals surface area contributed by atoms with Gasteiger partial charge in [-0.15, -0.1) is 0 Å². The Morgan fingerprint density at radius 2 is 2.32 bits per heavy atom. The molecule has 1 aromatic rings. The molecule has 1 aliphatic rings. The fraction of sp³-hybridized carbons (Fsp3) is 0.727. The molecule has 2 rings (SSSR count). The molecular weight excluding hydrogens is 268 g/mol. The molecule has 7 nitrogen and oxygen atoms in total. The number of ether oxygens (including phenoxy) is 1. The maximum atomic E-state index is 12.5. The van der Waals surface area contributed by atoms with E-state index >= 15 is 0 Å². The van der Waals surface area contributed by atoms with Crippen molar-refractivity contribution in [1.29, 1.82) is 0 Å². The zero-order chi connectivity index (χ0) is 14.0. The van der Waals surface area contributed by atoms with Crippen LogP contribution in [0.1, 0.15) is 12.8 Å². The molecule has 1 fully saturated rings. The first-order valence-corrected chi connectivity index (χ1v) is 7.65.